The van der Waals surface area contributed by atoms with Gasteiger partial charge in [0.15, 0.2) is 10.3 Å². The van der Waals surface area contributed by atoms with E-state index in [1.807, 2.05) is 0 Å². The van der Waals surface area contributed by atoms with Gasteiger partial charge in [-0.3, -0.25) is 4.79 Å². The average molecular weight is 250 g/mol. The number of nitrogens with one attached hydrogen (secondary N) is 1. The number of anilines is 1. The maximum absolute atomic E-state index is 11.3. The second-order valence-corrected chi connectivity index (χ2v) is 3.42. The predicted molar refractivity (Wildman–Crippen MR) is 57.0 cm³/mol. The zero-order valence-corrected chi connectivity index (χ0v) is 9.22. The molecule has 0 bridgehead atoms. The van der Waals surface area contributed by atoms with E-state index in [4.69, 9.17) is 28.3 Å². The number of nitrogens with zero attached hydrogens (tertiary/aromatic N) is 2. The van der Waals surface area contributed by atoms with Crippen LogP contribution in [0.5, 0.6) is 0 Å². The minimum absolute atomic E-state index is 0.0415. The van der Waals surface area contributed by atoms with Crippen molar-refractivity contribution in [3.05, 3.63) is 16.6 Å². The Morgan fingerprint density at radius 2 is 2.00 bits per heavy atom. The Morgan fingerprint density at radius 1 is 1.40 bits per heavy atom. The minimum Gasteiger partial charge on any atom is -0.396 e. The van der Waals surface area contributed by atoms with E-state index in [-0.39, 0.29) is 34.9 Å². The van der Waals surface area contributed by atoms with E-state index in [1.165, 1.54) is 6.33 Å². The summed E-state index contributed by atoms with van der Waals surface area (Å²) < 4.78 is 0. The Kier molecular flexibility index (Phi) is 4.74. The molecule has 2 N–H and O–H groups in total. The highest BCUT2D eigenvalue weighted by Gasteiger charge is 2.10. The molecule has 82 valence electrons. The molecule has 0 saturated carbocycles. The third-order valence-corrected chi connectivity index (χ3v) is 2.15. The van der Waals surface area contributed by atoms with Crippen LogP contribution in [0.4, 0.5) is 5.69 Å². The average Bonchev–Trinajstić information content (AvgIpc) is 2.21. The molecule has 0 unspecified atom stereocenters. The lowest BCUT2D eigenvalue weighted by atomic mass is 10.3. The summed E-state index contributed by atoms with van der Waals surface area (Å²) in [6.07, 6.45) is 1.78. The van der Waals surface area contributed by atoms with Crippen LogP contribution in [0.25, 0.3) is 0 Å². The topological polar surface area (TPSA) is 75.1 Å². The van der Waals surface area contributed by atoms with Crippen molar-refractivity contribution in [2.24, 2.45) is 0 Å². The minimum atomic E-state index is -0.289. The van der Waals surface area contributed by atoms with Crippen molar-refractivity contribution >= 4 is 34.8 Å². The fourth-order valence-corrected chi connectivity index (χ4v) is 1.30. The number of aliphatic hydroxyl groups is 1. The van der Waals surface area contributed by atoms with Crippen molar-refractivity contribution < 1.29 is 9.90 Å². The molecule has 0 aliphatic carbocycles. The number of aromatic nitrogens is 2. The maximum atomic E-state index is 11.3. The molecule has 0 aliphatic heterocycles. The van der Waals surface area contributed by atoms with Crippen molar-refractivity contribution in [1.29, 1.82) is 0 Å². The summed E-state index contributed by atoms with van der Waals surface area (Å²) in [4.78, 5) is 18.6. The van der Waals surface area contributed by atoms with Crippen molar-refractivity contribution in [3.8, 4) is 0 Å². The summed E-state index contributed by atoms with van der Waals surface area (Å²) in [6, 6.07) is 0. The summed E-state index contributed by atoms with van der Waals surface area (Å²) in [5.74, 6) is -0.289. The van der Waals surface area contributed by atoms with E-state index in [0.717, 1.165) is 0 Å². The normalized spacial score (nSPS) is 10.1. The Hall–Kier alpha value is -0.910. The maximum Gasteiger partial charge on any atom is 0.224 e. The molecular formula is C8H9Cl2N3O2. The van der Waals surface area contributed by atoms with E-state index in [9.17, 15) is 4.79 Å². The Balaban J connectivity index is 2.68. The van der Waals surface area contributed by atoms with E-state index in [1.54, 1.807) is 0 Å². The number of hydrogen-bond acceptors (Lipinski definition) is 4. The highest BCUT2D eigenvalue weighted by Crippen LogP contribution is 2.25. The van der Waals surface area contributed by atoms with Gasteiger partial charge in [0.1, 0.15) is 12.0 Å². The molecule has 1 heterocycles. The Morgan fingerprint density at radius 3 is 2.53 bits per heavy atom. The molecular weight excluding hydrogens is 241 g/mol. The van der Waals surface area contributed by atoms with Gasteiger partial charge in [-0.2, -0.15) is 0 Å². The first-order valence-corrected chi connectivity index (χ1v) is 4.97. The number of rotatable bonds is 4. The monoisotopic (exact) mass is 249 g/mol. The van der Waals surface area contributed by atoms with Crippen LogP contribution in [0.3, 0.4) is 0 Å². The van der Waals surface area contributed by atoms with Crippen LogP contribution >= 0.6 is 23.2 Å². The van der Waals surface area contributed by atoms with Gasteiger partial charge in [0, 0.05) is 13.0 Å². The molecule has 1 amide bonds. The van der Waals surface area contributed by atoms with Crippen molar-refractivity contribution in [2.45, 2.75) is 12.8 Å². The molecule has 15 heavy (non-hydrogen) atoms. The molecule has 0 atom stereocenters. The predicted octanol–water partition coefficient (Wildman–Crippen LogP) is 1.49. The number of carbonyl (C=O) groups excluding carboxylic acids is 1. The molecule has 0 spiro atoms. The molecule has 5 nitrogen and oxygen atoms in total. The molecule has 7 heteroatoms. The van der Waals surface area contributed by atoms with Crippen LogP contribution in [0, 0.1) is 0 Å². The Labute approximate surface area is 96.4 Å². The van der Waals surface area contributed by atoms with Gasteiger partial charge in [0.05, 0.1) is 0 Å². The second kappa shape index (κ2) is 5.85. The second-order valence-electron chi connectivity index (χ2n) is 2.71. The SMILES string of the molecule is O=C(CCCO)Nc1c(Cl)ncnc1Cl. The van der Waals surface area contributed by atoms with Gasteiger partial charge in [-0.05, 0) is 6.42 Å². The lowest BCUT2D eigenvalue weighted by Gasteiger charge is -2.06. The van der Waals surface area contributed by atoms with Crippen LogP contribution in [0.1, 0.15) is 12.8 Å². The highest BCUT2D eigenvalue weighted by molar-refractivity contribution is 6.38. The number of carbonyl (C=O) groups is 1. The number of amides is 1. The molecule has 0 radical (unpaired) electrons. The van der Waals surface area contributed by atoms with Crippen LogP contribution in [-0.4, -0.2) is 27.6 Å². The van der Waals surface area contributed by atoms with Crippen molar-refractivity contribution in [3.63, 3.8) is 0 Å². The number of halogens is 2. The standard InChI is InChI=1S/C8H9Cl2N3O2/c9-7-6(8(10)12-4-11-7)13-5(15)2-1-3-14/h4,14H,1-3H2,(H,13,15). The van der Waals surface area contributed by atoms with E-state index >= 15 is 0 Å². The van der Waals surface area contributed by atoms with E-state index < -0.39 is 0 Å². The quantitative estimate of drug-likeness (QED) is 0.794. The number of aliphatic hydroxyl groups excluding tert-OH is 1. The fourth-order valence-electron chi connectivity index (χ4n) is 0.889. The lowest BCUT2D eigenvalue weighted by Crippen LogP contribution is -2.13. The van der Waals surface area contributed by atoms with Gasteiger partial charge >= 0.3 is 0 Å². The molecule has 1 aromatic rings. The van der Waals surface area contributed by atoms with Crippen LogP contribution < -0.4 is 5.32 Å². The van der Waals surface area contributed by atoms with Gasteiger partial charge in [-0.15, -0.1) is 0 Å². The summed E-state index contributed by atoms with van der Waals surface area (Å²) in [7, 11) is 0. The van der Waals surface area contributed by atoms with Crippen molar-refractivity contribution in [1.82, 2.24) is 9.97 Å². The Bertz CT molecular complexity index is 339. The zero-order valence-electron chi connectivity index (χ0n) is 7.70. The van der Waals surface area contributed by atoms with Gasteiger partial charge in [-0.1, -0.05) is 23.2 Å². The van der Waals surface area contributed by atoms with Gasteiger partial charge in [0.2, 0.25) is 5.91 Å². The first kappa shape index (κ1) is 12.2. The summed E-state index contributed by atoms with van der Waals surface area (Å²) >= 11 is 11.4. The summed E-state index contributed by atoms with van der Waals surface area (Å²) in [5, 5.41) is 11.2. The first-order chi connectivity index (χ1) is 7.15. The first-order valence-electron chi connectivity index (χ1n) is 4.22. The lowest BCUT2D eigenvalue weighted by molar-refractivity contribution is -0.116. The third-order valence-electron chi connectivity index (χ3n) is 1.58. The molecule has 0 aliphatic rings. The summed E-state index contributed by atoms with van der Waals surface area (Å²) in [6.45, 7) is -0.0415. The van der Waals surface area contributed by atoms with Gasteiger partial charge in [0.25, 0.3) is 0 Å². The number of hydrogen-bond donors (Lipinski definition) is 2. The molecule has 0 aromatic carbocycles. The third kappa shape index (κ3) is 3.62. The highest BCUT2D eigenvalue weighted by atomic mass is 35.5. The zero-order chi connectivity index (χ0) is 11.3. The molecule has 1 aromatic heterocycles. The van der Waals surface area contributed by atoms with Crippen LogP contribution in [0.2, 0.25) is 10.3 Å². The molecule has 0 fully saturated rings. The van der Waals surface area contributed by atoms with Crippen LogP contribution in [0.15, 0.2) is 6.33 Å². The fraction of sp³-hybridized carbons (Fsp3) is 0.375. The smallest absolute Gasteiger partial charge is 0.224 e. The van der Waals surface area contributed by atoms with Crippen LogP contribution in [-0.2, 0) is 4.79 Å². The van der Waals surface area contributed by atoms with E-state index in [2.05, 4.69) is 15.3 Å². The summed E-state index contributed by atoms with van der Waals surface area (Å²) in [5.41, 5.74) is 0.198. The molecule has 0 saturated heterocycles. The largest absolute Gasteiger partial charge is 0.396 e. The van der Waals surface area contributed by atoms with E-state index in [0.29, 0.717) is 6.42 Å². The molecule has 1 rings (SSSR count). The van der Waals surface area contributed by atoms with Gasteiger partial charge in [-0.25, -0.2) is 9.97 Å². The van der Waals surface area contributed by atoms with Crippen molar-refractivity contribution in [2.75, 3.05) is 11.9 Å². The van der Waals surface area contributed by atoms with Gasteiger partial charge < -0.3 is 10.4 Å².